The second-order valence-corrected chi connectivity index (χ2v) is 5.41. The maximum absolute atomic E-state index is 11.3. The molecule has 0 aliphatic rings. The molecule has 0 spiro atoms. The Hall–Kier alpha value is -1.27. The molecule has 0 atom stereocenters. The molecule has 15 heavy (non-hydrogen) atoms. The SMILES string of the molecule is NC(=O)c1ccc(S(=O)(=O)CCl)cc1N. The maximum atomic E-state index is 11.3. The zero-order valence-electron chi connectivity index (χ0n) is 7.60. The highest BCUT2D eigenvalue weighted by Gasteiger charge is 2.15. The number of hydrogen-bond acceptors (Lipinski definition) is 4. The molecule has 7 heteroatoms. The lowest BCUT2D eigenvalue weighted by Gasteiger charge is -2.04. The fourth-order valence-corrected chi connectivity index (χ4v) is 2.11. The quantitative estimate of drug-likeness (QED) is 0.594. The number of hydrogen-bond donors (Lipinski definition) is 2. The van der Waals surface area contributed by atoms with Crippen LogP contribution in [-0.4, -0.2) is 19.5 Å². The number of benzene rings is 1. The molecular formula is C8H9ClN2O3S. The molecule has 0 aliphatic carbocycles. The summed E-state index contributed by atoms with van der Waals surface area (Å²) in [6.07, 6.45) is 0. The molecule has 1 rings (SSSR count). The number of carbonyl (C=O) groups excluding carboxylic acids is 1. The molecule has 0 saturated carbocycles. The Bertz CT molecular complexity index is 499. The monoisotopic (exact) mass is 248 g/mol. The van der Waals surface area contributed by atoms with E-state index in [4.69, 9.17) is 23.1 Å². The van der Waals surface area contributed by atoms with Gasteiger partial charge < -0.3 is 11.5 Å². The van der Waals surface area contributed by atoms with Gasteiger partial charge in [0.25, 0.3) is 5.91 Å². The lowest BCUT2D eigenvalue weighted by Crippen LogP contribution is -2.14. The van der Waals surface area contributed by atoms with E-state index in [0.717, 1.165) is 6.07 Å². The van der Waals surface area contributed by atoms with Crippen LogP contribution in [0.5, 0.6) is 0 Å². The smallest absolute Gasteiger partial charge is 0.250 e. The summed E-state index contributed by atoms with van der Waals surface area (Å²) in [5.74, 6) is -0.706. The number of anilines is 1. The van der Waals surface area contributed by atoms with Gasteiger partial charge in [-0.15, -0.1) is 11.6 Å². The first-order valence-corrected chi connectivity index (χ1v) is 6.05. The van der Waals surface area contributed by atoms with Crippen LogP contribution < -0.4 is 11.5 Å². The van der Waals surface area contributed by atoms with Crippen molar-refractivity contribution < 1.29 is 13.2 Å². The Morgan fingerprint density at radius 2 is 2.00 bits per heavy atom. The summed E-state index contributed by atoms with van der Waals surface area (Å²) in [4.78, 5) is 10.8. The van der Waals surface area contributed by atoms with E-state index in [-0.39, 0.29) is 16.1 Å². The number of halogens is 1. The fraction of sp³-hybridized carbons (Fsp3) is 0.125. The average molecular weight is 249 g/mol. The standard InChI is InChI=1S/C8H9ClN2O3S/c9-4-15(13,14)5-1-2-6(8(11)12)7(10)3-5/h1-3H,4,10H2,(H2,11,12). The molecule has 4 N–H and O–H groups in total. The number of sulfone groups is 1. The molecule has 0 aliphatic heterocycles. The van der Waals surface area contributed by atoms with Gasteiger partial charge in [0.05, 0.1) is 10.5 Å². The van der Waals surface area contributed by atoms with E-state index in [1.807, 2.05) is 0 Å². The van der Waals surface area contributed by atoms with Crippen LogP contribution in [-0.2, 0) is 9.84 Å². The summed E-state index contributed by atoms with van der Waals surface area (Å²) >= 11 is 5.26. The molecule has 0 bridgehead atoms. The minimum atomic E-state index is -3.53. The van der Waals surface area contributed by atoms with Gasteiger partial charge in [-0.2, -0.15) is 0 Å². The number of carbonyl (C=O) groups is 1. The van der Waals surface area contributed by atoms with Crippen LogP contribution in [0, 0.1) is 0 Å². The summed E-state index contributed by atoms with van der Waals surface area (Å²) in [7, 11) is -3.53. The average Bonchev–Trinajstić information content (AvgIpc) is 2.17. The van der Waals surface area contributed by atoms with Gasteiger partial charge in [-0.25, -0.2) is 8.42 Å². The van der Waals surface area contributed by atoms with Crippen LogP contribution >= 0.6 is 11.6 Å². The van der Waals surface area contributed by atoms with Crippen molar-refractivity contribution >= 4 is 33.0 Å². The number of nitrogens with two attached hydrogens (primary N) is 2. The first kappa shape index (κ1) is 11.8. The van der Waals surface area contributed by atoms with E-state index in [9.17, 15) is 13.2 Å². The number of nitrogen functional groups attached to an aromatic ring is 1. The topological polar surface area (TPSA) is 103 Å². The van der Waals surface area contributed by atoms with Crippen molar-refractivity contribution in [3.8, 4) is 0 Å². The van der Waals surface area contributed by atoms with Crippen molar-refractivity contribution in [3.63, 3.8) is 0 Å². The summed E-state index contributed by atoms with van der Waals surface area (Å²) in [5.41, 5.74) is 10.6. The van der Waals surface area contributed by atoms with E-state index in [0.29, 0.717) is 0 Å². The molecule has 1 aromatic rings. The second kappa shape index (κ2) is 4.08. The summed E-state index contributed by atoms with van der Waals surface area (Å²) < 4.78 is 22.7. The van der Waals surface area contributed by atoms with Crippen molar-refractivity contribution in [2.75, 3.05) is 10.9 Å². The third-order valence-electron chi connectivity index (χ3n) is 1.79. The molecule has 0 aromatic heterocycles. The Balaban J connectivity index is 3.30. The molecule has 0 fully saturated rings. The molecule has 0 saturated heterocycles. The Labute approximate surface area is 91.9 Å². The molecule has 5 nitrogen and oxygen atoms in total. The molecule has 1 aromatic carbocycles. The highest BCUT2D eigenvalue weighted by Crippen LogP contribution is 2.19. The number of alkyl halides is 1. The van der Waals surface area contributed by atoms with Gasteiger partial charge in [0, 0.05) is 5.69 Å². The first-order valence-electron chi connectivity index (χ1n) is 3.86. The number of rotatable bonds is 3. The van der Waals surface area contributed by atoms with Crippen LogP contribution in [0.4, 0.5) is 5.69 Å². The van der Waals surface area contributed by atoms with Crippen LogP contribution in [0.15, 0.2) is 23.1 Å². The van der Waals surface area contributed by atoms with Crippen molar-refractivity contribution in [2.24, 2.45) is 5.73 Å². The molecule has 0 unspecified atom stereocenters. The normalized spacial score (nSPS) is 11.3. The predicted molar refractivity (Wildman–Crippen MR) is 57.3 cm³/mol. The summed E-state index contributed by atoms with van der Waals surface area (Å²) in [6, 6.07) is 3.67. The van der Waals surface area contributed by atoms with E-state index < -0.39 is 21.0 Å². The Morgan fingerprint density at radius 1 is 1.40 bits per heavy atom. The van der Waals surface area contributed by atoms with Crippen molar-refractivity contribution in [2.45, 2.75) is 4.90 Å². The van der Waals surface area contributed by atoms with Gasteiger partial charge in [0.15, 0.2) is 9.84 Å². The number of amides is 1. The zero-order valence-corrected chi connectivity index (χ0v) is 9.18. The fourth-order valence-electron chi connectivity index (χ4n) is 1.02. The van der Waals surface area contributed by atoms with Gasteiger partial charge in [-0.1, -0.05) is 0 Å². The Kier molecular flexibility index (Phi) is 3.21. The molecule has 82 valence electrons. The third kappa shape index (κ3) is 2.40. The van der Waals surface area contributed by atoms with Crippen molar-refractivity contribution in [1.82, 2.24) is 0 Å². The largest absolute Gasteiger partial charge is 0.398 e. The first-order chi connectivity index (χ1) is 6.88. The number of primary amides is 1. The minimum Gasteiger partial charge on any atom is -0.398 e. The second-order valence-electron chi connectivity index (χ2n) is 2.84. The van der Waals surface area contributed by atoms with Gasteiger partial charge >= 0.3 is 0 Å². The maximum Gasteiger partial charge on any atom is 0.250 e. The van der Waals surface area contributed by atoms with Crippen molar-refractivity contribution in [3.05, 3.63) is 23.8 Å². The molecule has 0 radical (unpaired) electrons. The summed E-state index contributed by atoms with van der Waals surface area (Å²) in [5, 5.41) is -0.539. The van der Waals surface area contributed by atoms with Crippen molar-refractivity contribution in [1.29, 1.82) is 0 Å². The molecule has 1 amide bonds. The third-order valence-corrected chi connectivity index (χ3v) is 3.91. The highest BCUT2D eigenvalue weighted by molar-refractivity contribution is 7.92. The van der Waals surface area contributed by atoms with Gasteiger partial charge in [-0.3, -0.25) is 4.79 Å². The zero-order chi connectivity index (χ0) is 11.6. The van der Waals surface area contributed by atoms with Gasteiger partial charge in [0.1, 0.15) is 5.21 Å². The van der Waals surface area contributed by atoms with Gasteiger partial charge in [0.2, 0.25) is 0 Å². The lowest BCUT2D eigenvalue weighted by atomic mass is 10.2. The minimum absolute atomic E-state index is 0.0219. The summed E-state index contributed by atoms with van der Waals surface area (Å²) in [6.45, 7) is 0. The predicted octanol–water partition coefficient (Wildman–Crippen LogP) is 0.338. The van der Waals surface area contributed by atoms with E-state index >= 15 is 0 Å². The van der Waals surface area contributed by atoms with Crippen LogP contribution in [0.2, 0.25) is 0 Å². The lowest BCUT2D eigenvalue weighted by molar-refractivity contribution is 0.100. The van der Waals surface area contributed by atoms with Crippen LogP contribution in [0.25, 0.3) is 0 Å². The van der Waals surface area contributed by atoms with E-state index in [2.05, 4.69) is 0 Å². The molecule has 0 heterocycles. The van der Waals surface area contributed by atoms with Crippen LogP contribution in [0.1, 0.15) is 10.4 Å². The molecular weight excluding hydrogens is 240 g/mol. The van der Waals surface area contributed by atoms with Gasteiger partial charge in [-0.05, 0) is 18.2 Å². The van der Waals surface area contributed by atoms with E-state index in [1.54, 1.807) is 0 Å². The van der Waals surface area contributed by atoms with Crippen LogP contribution in [0.3, 0.4) is 0 Å². The highest BCUT2D eigenvalue weighted by atomic mass is 35.5. The Morgan fingerprint density at radius 3 is 2.40 bits per heavy atom. The van der Waals surface area contributed by atoms with E-state index in [1.165, 1.54) is 12.1 Å².